The van der Waals surface area contributed by atoms with E-state index in [1.165, 1.54) is 41.9 Å². The van der Waals surface area contributed by atoms with Gasteiger partial charge in [0, 0.05) is 31.1 Å². The molecule has 0 aliphatic carbocycles. The molecule has 4 rings (SSSR count). The number of rotatable bonds is 12. The van der Waals surface area contributed by atoms with Crippen LogP contribution in [-0.2, 0) is 13.0 Å². The summed E-state index contributed by atoms with van der Waals surface area (Å²) in [7, 11) is 0. The van der Waals surface area contributed by atoms with E-state index in [0.29, 0.717) is 12.1 Å². The first-order valence-corrected chi connectivity index (χ1v) is 14.2. The number of benzene rings is 2. The number of carbonyl (C=O) groups is 1. The van der Waals surface area contributed by atoms with Gasteiger partial charge >= 0.3 is 4.87 Å². The fourth-order valence-electron chi connectivity index (χ4n) is 5.24. The zero-order valence-electron chi connectivity index (χ0n) is 21.5. The normalized spacial score (nSPS) is 15.2. The Balaban J connectivity index is 1.31. The number of halogens is 1. The molecule has 1 aromatic heterocycles. The van der Waals surface area contributed by atoms with E-state index < -0.39 is 0 Å². The maximum atomic E-state index is 13.2. The summed E-state index contributed by atoms with van der Waals surface area (Å²) in [5, 5.41) is 0. The molecule has 0 bridgehead atoms. The molecule has 0 radical (unpaired) electrons. The Hall–Kier alpha value is -2.35. The third-order valence-corrected chi connectivity index (χ3v) is 8.20. The minimum atomic E-state index is -0.320. The average molecular weight is 512 g/mol. The lowest BCUT2D eigenvalue weighted by Gasteiger charge is -2.31. The molecule has 0 atom stereocenters. The Bertz CT molecular complexity index is 1190. The lowest BCUT2D eigenvalue weighted by atomic mass is 9.89. The molecule has 0 unspecified atom stereocenters. The highest BCUT2D eigenvalue weighted by molar-refractivity contribution is 7.16. The number of likely N-dealkylation sites (tertiary alicyclic amines) is 1. The van der Waals surface area contributed by atoms with E-state index in [1.807, 2.05) is 4.57 Å². The number of carbonyl (C=O) groups excluding carboxylic acids is 1. The number of ketones is 1. The molecule has 0 saturated carbocycles. The lowest BCUT2D eigenvalue weighted by molar-refractivity contribution is 0.0837. The van der Waals surface area contributed by atoms with Crippen molar-refractivity contribution in [3.8, 4) is 0 Å². The molecular weight excluding hydrogens is 473 g/mol. The molecule has 0 amide bonds. The zero-order chi connectivity index (χ0) is 25.5. The minimum absolute atomic E-state index is 0.0135. The van der Waals surface area contributed by atoms with E-state index >= 15 is 0 Å². The van der Waals surface area contributed by atoms with E-state index in [-0.39, 0.29) is 22.4 Å². The molecule has 5 nitrogen and oxygen atoms in total. The van der Waals surface area contributed by atoms with Crippen LogP contribution < -0.4 is 4.87 Å². The Morgan fingerprint density at radius 3 is 2.36 bits per heavy atom. The summed E-state index contributed by atoms with van der Waals surface area (Å²) in [5.74, 6) is -0.224. The Labute approximate surface area is 217 Å². The number of Topliss-reactive ketones (excluding diaryl/α,β-unsaturated/α-hetero) is 1. The number of thiazole rings is 1. The topological polar surface area (TPSA) is 45.6 Å². The van der Waals surface area contributed by atoms with E-state index in [4.69, 9.17) is 0 Å². The van der Waals surface area contributed by atoms with Crippen LogP contribution in [0.25, 0.3) is 10.2 Å². The minimum Gasteiger partial charge on any atom is -0.303 e. The van der Waals surface area contributed by atoms with Crippen LogP contribution in [0.5, 0.6) is 0 Å². The first kappa shape index (κ1) is 26.7. The van der Waals surface area contributed by atoms with Crippen molar-refractivity contribution in [1.82, 2.24) is 14.4 Å². The SMILES string of the molecule is CCCN(CCC)CCc1ccc2c(c1)sc(=O)n2CCN1CCC(C(=O)c2ccc(F)cc2)CC1. The fraction of sp³-hybridized carbons (Fsp3) is 0.517. The molecule has 1 saturated heterocycles. The lowest BCUT2D eigenvalue weighted by Crippen LogP contribution is -2.38. The average Bonchev–Trinajstić information content (AvgIpc) is 3.20. The van der Waals surface area contributed by atoms with Crippen LogP contribution in [0.4, 0.5) is 4.39 Å². The van der Waals surface area contributed by atoms with Crippen molar-refractivity contribution in [3.05, 3.63) is 69.1 Å². The van der Waals surface area contributed by atoms with E-state index in [1.54, 1.807) is 12.1 Å². The van der Waals surface area contributed by atoms with Crippen LogP contribution in [0.2, 0.25) is 0 Å². The first-order valence-electron chi connectivity index (χ1n) is 13.3. The molecule has 2 heterocycles. The highest BCUT2D eigenvalue weighted by Gasteiger charge is 2.26. The number of piperidine rings is 1. The molecule has 1 fully saturated rings. The van der Waals surface area contributed by atoms with Gasteiger partial charge in [0.25, 0.3) is 0 Å². The van der Waals surface area contributed by atoms with Gasteiger partial charge in [0.1, 0.15) is 5.82 Å². The third-order valence-electron chi connectivity index (χ3n) is 7.26. The van der Waals surface area contributed by atoms with E-state index in [9.17, 15) is 14.0 Å². The Kier molecular flexibility index (Phi) is 9.46. The Morgan fingerprint density at radius 1 is 1.00 bits per heavy atom. The van der Waals surface area contributed by atoms with Gasteiger partial charge in [-0.3, -0.25) is 14.2 Å². The fourth-order valence-corrected chi connectivity index (χ4v) is 6.22. The maximum absolute atomic E-state index is 13.2. The predicted octanol–water partition coefficient (Wildman–Crippen LogP) is 5.46. The highest BCUT2D eigenvalue weighted by atomic mass is 32.1. The molecule has 0 spiro atoms. The van der Waals surface area contributed by atoms with Crippen molar-refractivity contribution in [2.75, 3.05) is 39.3 Å². The smallest absolute Gasteiger partial charge is 0.303 e. The molecule has 3 aromatic rings. The highest BCUT2D eigenvalue weighted by Crippen LogP contribution is 2.23. The van der Waals surface area contributed by atoms with Gasteiger partial charge in [-0.1, -0.05) is 31.3 Å². The second kappa shape index (κ2) is 12.7. The predicted molar refractivity (Wildman–Crippen MR) is 147 cm³/mol. The van der Waals surface area contributed by atoms with Gasteiger partial charge in [-0.25, -0.2) is 4.39 Å². The first-order chi connectivity index (χ1) is 17.5. The van der Waals surface area contributed by atoms with Gasteiger partial charge in [0.05, 0.1) is 10.2 Å². The molecule has 0 N–H and O–H groups in total. The summed E-state index contributed by atoms with van der Waals surface area (Å²) in [5.41, 5.74) is 2.91. The largest absolute Gasteiger partial charge is 0.308 e. The van der Waals surface area contributed by atoms with Crippen LogP contribution in [0, 0.1) is 11.7 Å². The van der Waals surface area contributed by atoms with Gasteiger partial charge in [-0.2, -0.15) is 0 Å². The van der Waals surface area contributed by atoms with Crippen molar-refractivity contribution >= 4 is 27.3 Å². The number of hydrogen-bond donors (Lipinski definition) is 0. The van der Waals surface area contributed by atoms with Crippen molar-refractivity contribution in [2.45, 2.75) is 52.5 Å². The quantitative estimate of drug-likeness (QED) is 0.303. The molecular formula is C29H38FN3O2S. The van der Waals surface area contributed by atoms with Crippen LogP contribution >= 0.6 is 11.3 Å². The number of aromatic nitrogens is 1. The molecule has 194 valence electrons. The zero-order valence-corrected chi connectivity index (χ0v) is 22.4. The molecule has 2 aromatic carbocycles. The summed E-state index contributed by atoms with van der Waals surface area (Å²) in [6.07, 6.45) is 4.95. The van der Waals surface area contributed by atoms with E-state index in [2.05, 4.69) is 41.8 Å². The molecule has 1 aliphatic rings. The summed E-state index contributed by atoms with van der Waals surface area (Å²) in [4.78, 5) is 30.5. The number of nitrogens with zero attached hydrogens (tertiary/aromatic N) is 3. The Morgan fingerprint density at radius 2 is 1.69 bits per heavy atom. The molecule has 7 heteroatoms. The van der Waals surface area contributed by atoms with Crippen molar-refractivity contribution < 1.29 is 9.18 Å². The molecule has 36 heavy (non-hydrogen) atoms. The van der Waals surface area contributed by atoms with E-state index in [0.717, 1.165) is 68.7 Å². The number of fused-ring (bicyclic) bond motifs is 1. The van der Waals surface area contributed by atoms with Crippen LogP contribution in [0.1, 0.15) is 55.5 Å². The summed E-state index contributed by atoms with van der Waals surface area (Å²) < 4.78 is 16.1. The van der Waals surface area contributed by atoms with Gasteiger partial charge in [-0.15, -0.1) is 0 Å². The standard InChI is InChI=1S/C29H38FN3O2S/c1-3-14-31(15-4-2)16-11-22-5-10-26-27(21-22)36-29(35)33(26)20-19-32-17-12-24(13-18-32)28(34)23-6-8-25(30)9-7-23/h5-10,21,24H,3-4,11-20H2,1-2H3. The van der Waals surface area contributed by atoms with Crippen molar-refractivity contribution in [3.63, 3.8) is 0 Å². The van der Waals surface area contributed by atoms with Crippen molar-refractivity contribution in [1.29, 1.82) is 0 Å². The second-order valence-corrected chi connectivity index (χ2v) is 10.9. The van der Waals surface area contributed by atoms with Gasteiger partial charge in [0.15, 0.2) is 5.78 Å². The summed E-state index contributed by atoms with van der Waals surface area (Å²) in [6.45, 7) is 10.9. The van der Waals surface area contributed by atoms with Crippen molar-refractivity contribution in [2.24, 2.45) is 5.92 Å². The maximum Gasteiger partial charge on any atom is 0.308 e. The van der Waals surface area contributed by atoms with Gasteiger partial charge < -0.3 is 9.80 Å². The van der Waals surface area contributed by atoms with Gasteiger partial charge in [-0.05, 0) is 100 Å². The summed E-state index contributed by atoms with van der Waals surface area (Å²) in [6, 6.07) is 12.3. The summed E-state index contributed by atoms with van der Waals surface area (Å²) >= 11 is 1.34. The third kappa shape index (κ3) is 6.69. The van der Waals surface area contributed by atoms with Crippen LogP contribution in [0.15, 0.2) is 47.3 Å². The molecule has 1 aliphatic heterocycles. The van der Waals surface area contributed by atoms with Gasteiger partial charge in [0.2, 0.25) is 0 Å². The second-order valence-electron chi connectivity index (χ2n) is 9.90. The van der Waals surface area contributed by atoms with Crippen LogP contribution in [-0.4, -0.2) is 59.4 Å². The number of hydrogen-bond acceptors (Lipinski definition) is 5. The monoisotopic (exact) mass is 511 g/mol. The van der Waals surface area contributed by atoms with Crippen LogP contribution in [0.3, 0.4) is 0 Å².